The van der Waals surface area contributed by atoms with Crippen molar-refractivity contribution in [2.45, 2.75) is 63.6 Å². The number of carbonyl (C=O) groups is 1. The average Bonchev–Trinajstić information content (AvgIpc) is 3.05. The second kappa shape index (κ2) is 8.19. The molecular formula is C20H31N3O2. The van der Waals surface area contributed by atoms with Crippen molar-refractivity contribution in [2.75, 3.05) is 19.7 Å². The van der Waals surface area contributed by atoms with E-state index in [-0.39, 0.29) is 18.7 Å². The van der Waals surface area contributed by atoms with Gasteiger partial charge in [0.1, 0.15) is 0 Å². The Labute approximate surface area is 150 Å². The predicted molar refractivity (Wildman–Crippen MR) is 99.4 cm³/mol. The number of nitrogens with zero attached hydrogens (tertiary/aromatic N) is 1. The zero-order valence-corrected chi connectivity index (χ0v) is 15.3. The molecule has 0 unspecified atom stereocenters. The molecule has 1 aliphatic carbocycles. The van der Waals surface area contributed by atoms with Crippen molar-refractivity contribution >= 4 is 6.03 Å². The number of benzene rings is 1. The van der Waals surface area contributed by atoms with Crippen LogP contribution in [0.15, 0.2) is 24.3 Å². The number of hydrogen-bond acceptors (Lipinski definition) is 3. The third kappa shape index (κ3) is 4.95. The Bertz CT molecular complexity index is 576. The van der Waals surface area contributed by atoms with Crippen LogP contribution in [0.1, 0.15) is 49.7 Å². The van der Waals surface area contributed by atoms with E-state index in [2.05, 4.69) is 46.7 Å². The molecule has 5 nitrogen and oxygen atoms in total. The molecule has 1 saturated carbocycles. The van der Waals surface area contributed by atoms with E-state index in [1.54, 1.807) is 0 Å². The van der Waals surface area contributed by atoms with Gasteiger partial charge in [0.25, 0.3) is 0 Å². The van der Waals surface area contributed by atoms with Crippen molar-refractivity contribution < 1.29 is 9.90 Å². The lowest BCUT2D eigenvalue weighted by Gasteiger charge is -2.34. The number of carbonyl (C=O) groups excluding carboxylic acids is 1. The van der Waals surface area contributed by atoms with Gasteiger partial charge in [-0.2, -0.15) is 0 Å². The first-order valence-electron chi connectivity index (χ1n) is 9.56. The van der Waals surface area contributed by atoms with Gasteiger partial charge in [0.2, 0.25) is 0 Å². The molecule has 0 atom stereocenters. The average molecular weight is 345 g/mol. The smallest absolute Gasteiger partial charge is 0.315 e. The summed E-state index contributed by atoms with van der Waals surface area (Å²) >= 11 is 0. The number of aryl methyl sites for hydroxylation is 1. The summed E-state index contributed by atoms with van der Waals surface area (Å²) in [5, 5.41) is 15.8. The van der Waals surface area contributed by atoms with Crippen LogP contribution in [0.2, 0.25) is 0 Å². The molecule has 0 aromatic heterocycles. The van der Waals surface area contributed by atoms with Crippen LogP contribution in [0.5, 0.6) is 0 Å². The summed E-state index contributed by atoms with van der Waals surface area (Å²) in [4.78, 5) is 14.7. The Morgan fingerprint density at radius 1 is 1.28 bits per heavy atom. The number of nitrogens with one attached hydrogen (secondary N) is 2. The van der Waals surface area contributed by atoms with E-state index in [1.807, 2.05) is 0 Å². The molecule has 1 aromatic rings. The summed E-state index contributed by atoms with van der Waals surface area (Å²) in [7, 11) is 0. The van der Waals surface area contributed by atoms with Gasteiger partial charge in [0, 0.05) is 25.7 Å². The fourth-order valence-electron chi connectivity index (χ4n) is 4.14. The first kappa shape index (κ1) is 18.2. The highest BCUT2D eigenvalue weighted by atomic mass is 16.3. The van der Waals surface area contributed by atoms with Gasteiger partial charge in [-0.15, -0.1) is 0 Å². The molecule has 2 amide bonds. The summed E-state index contributed by atoms with van der Waals surface area (Å²) in [6.45, 7) is 5.15. The maximum atomic E-state index is 12.3. The van der Waals surface area contributed by atoms with Gasteiger partial charge in [-0.25, -0.2) is 4.79 Å². The molecule has 138 valence electrons. The van der Waals surface area contributed by atoms with Crippen LogP contribution < -0.4 is 10.6 Å². The quantitative estimate of drug-likeness (QED) is 0.768. The molecular weight excluding hydrogens is 314 g/mol. The van der Waals surface area contributed by atoms with E-state index in [0.717, 1.165) is 58.2 Å². The third-order valence-electron chi connectivity index (χ3n) is 5.65. The highest BCUT2D eigenvalue weighted by Crippen LogP contribution is 2.29. The maximum absolute atomic E-state index is 12.3. The van der Waals surface area contributed by atoms with Gasteiger partial charge < -0.3 is 15.7 Å². The molecule has 3 N–H and O–H groups in total. The molecule has 25 heavy (non-hydrogen) atoms. The highest BCUT2D eigenvalue weighted by molar-refractivity contribution is 5.75. The number of likely N-dealkylation sites (tertiary alicyclic amines) is 1. The fraction of sp³-hybridized carbons (Fsp3) is 0.650. The standard InChI is InChI=1S/C20H31N3O2/c1-16-5-4-6-17(13-16)14-23-11-7-18(8-12-23)21-19(25)22-20(15-24)9-2-3-10-20/h4-6,13,18,24H,2-3,7-12,14-15H2,1H3,(H2,21,22,25). The third-order valence-corrected chi connectivity index (χ3v) is 5.65. The van der Waals surface area contributed by atoms with Crippen molar-refractivity contribution in [3.63, 3.8) is 0 Å². The maximum Gasteiger partial charge on any atom is 0.315 e. The largest absolute Gasteiger partial charge is 0.394 e. The second-order valence-corrected chi connectivity index (χ2v) is 7.78. The zero-order valence-electron chi connectivity index (χ0n) is 15.3. The van der Waals surface area contributed by atoms with Gasteiger partial charge >= 0.3 is 6.03 Å². The van der Waals surface area contributed by atoms with Crippen LogP contribution in [0, 0.1) is 6.92 Å². The lowest BCUT2D eigenvalue weighted by Crippen LogP contribution is -2.55. The molecule has 3 rings (SSSR count). The van der Waals surface area contributed by atoms with Crippen molar-refractivity contribution in [3.05, 3.63) is 35.4 Å². The molecule has 1 aromatic carbocycles. The molecule has 0 bridgehead atoms. The number of aliphatic hydroxyl groups is 1. The monoisotopic (exact) mass is 345 g/mol. The first-order valence-corrected chi connectivity index (χ1v) is 9.56. The number of urea groups is 1. The van der Waals surface area contributed by atoms with Gasteiger partial charge in [0.15, 0.2) is 0 Å². The number of rotatable bonds is 5. The molecule has 2 aliphatic rings. The Balaban J connectivity index is 1.42. The highest BCUT2D eigenvalue weighted by Gasteiger charge is 2.35. The van der Waals surface area contributed by atoms with Gasteiger partial charge in [-0.1, -0.05) is 42.7 Å². The number of amides is 2. The lowest BCUT2D eigenvalue weighted by atomic mass is 9.99. The summed E-state index contributed by atoms with van der Waals surface area (Å²) in [5.74, 6) is 0. The van der Waals surface area contributed by atoms with E-state index in [0.29, 0.717) is 0 Å². The minimum absolute atomic E-state index is 0.0371. The van der Waals surface area contributed by atoms with Crippen molar-refractivity contribution in [1.82, 2.24) is 15.5 Å². The molecule has 5 heteroatoms. The SMILES string of the molecule is Cc1cccc(CN2CCC(NC(=O)NC3(CO)CCCC3)CC2)c1. The Morgan fingerprint density at radius 2 is 2.00 bits per heavy atom. The van der Waals surface area contributed by atoms with Crippen LogP contribution in [0.3, 0.4) is 0 Å². The molecule has 0 radical (unpaired) electrons. The molecule has 0 spiro atoms. The zero-order chi connectivity index (χ0) is 17.7. The van der Waals surface area contributed by atoms with E-state index in [1.165, 1.54) is 11.1 Å². The lowest BCUT2D eigenvalue weighted by molar-refractivity contribution is 0.155. The van der Waals surface area contributed by atoms with Gasteiger partial charge in [-0.3, -0.25) is 4.90 Å². The van der Waals surface area contributed by atoms with E-state index in [4.69, 9.17) is 0 Å². The van der Waals surface area contributed by atoms with Gasteiger partial charge in [0.05, 0.1) is 12.1 Å². The van der Waals surface area contributed by atoms with Crippen molar-refractivity contribution in [2.24, 2.45) is 0 Å². The topological polar surface area (TPSA) is 64.6 Å². The van der Waals surface area contributed by atoms with Crippen molar-refractivity contribution in [1.29, 1.82) is 0 Å². The van der Waals surface area contributed by atoms with E-state index < -0.39 is 5.54 Å². The van der Waals surface area contributed by atoms with Crippen molar-refractivity contribution in [3.8, 4) is 0 Å². The van der Waals surface area contributed by atoms with E-state index in [9.17, 15) is 9.90 Å². The van der Waals surface area contributed by atoms with Crippen LogP contribution in [-0.2, 0) is 6.54 Å². The first-order chi connectivity index (χ1) is 12.1. The summed E-state index contributed by atoms with van der Waals surface area (Å²) in [5.41, 5.74) is 2.27. The van der Waals surface area contributed by atoms with Crippen LogP contribution >= 0.6 is 0 Å². The summed E-state index contributed by atoms with van der Waals surface area (Å²) < 4.78 is 0. The van der Waals surface area contributed by atoms with Crippen LogP contribution in [0.4, 0.5) is 4.79 Å². The molecule has 1 saturated heterocycles. The fourth-order valence-corrected chi connectivity index (χ4v) is 4.14. The molecule has 1 aliphatic heterocycles. The Morgan fingerprint density at radius 3 is 2.64 bits per heavy atom. The number of aliphatic hydroxyl groups excluding tert-OH is 1. The van der Waals surface area contributed by atoms with Crippen LogP contribution in [0.25, 0.3) is 0 Å². The minimum Gasteiger partial charge on any atom is -0.394 e. The number of hydrogen-bond donors (Lipinski definition) is 3. The normalized spacial score (nSPS) is 21.2. The van der Waals surface area contributed by atoms with Crippen LogP contribution in [-0.4, -0.2) is 47.3 Å². The van der Waals surface area contributed by atoms with Gasteiger partial charge in [-0.05, 0) is 38.2 Å². The Hall–Kier alpha value is -1.59. The number of piperidine rings is 1. The molecule has 2 fully saturated rings. The Kier molecular flexibility index (Phi) is 5.97. The van der Waals surface area contributed by atoms with E-state index >= 15 is 0 Å². The summed E-state index contributed by atoms with van der Waals surface area (Å²) in [6.07, 6.45) is 5.88. The second-order valence-electron chi connectivity index (χ2n) is 7.78. The summed E-state index contributed by atoms with van der Waals surface area (Å²) in [6, 6.07) is 8.78. The minimum atomic E-state index is -0.393. The molecule has 1 heterocycles. The predicted octanol–water partition coefficient (Wildman–Crippen LogP) is 2.56.